The van der Waals surface area contributed by atoms with Crippen LogP contribution in [0.5, 0.6) is 0 Å². The Balaban J connectivity index is 1.54. The highest BCUT2D eigenvalue weighted by Crippen LogP contribution is 2.14. The van der Waals surface area contributed by atoms with E-state index >= 15 is 0 Å². The molecule has 0 amide bonds. The molecule has 0 saturated carbocycles. The van der Waals surface area contributed by atoms with Gasteiger partial charge >= 0.3 is 0 Å². The summed E-state index contributed by atoms with van der Waals surface area (Å²) in [7, 11) is 0. The van der Waals surface area contributed by atoms with Crippen LogP contribution in [0.2, 0.25) is 0 Å². The first-order valence-corrected chi connectivity index (χ1v) is 5.78. The second-order valence-electron chi connectivity index (χ2n) is 4.09. The van der Waals surface area contributed by atoms with Crippen molar-refractivity contribution in [1.82, 2.24) is 5.32 Å². The van der Waals surface area contributed by atoms with Gasteiger partial charge in [-0.25, -0.2) is 0 Å². The molecule has 2 heterocycles. The molecule has 0 aromatic carbocycles. The summed E-state index contributed by atoms with van der Waals surface area (Å²) in [5.74, 6) is 0. The number of rotatable bonds is 5. The van der Waals surface area contributed by atoms with Crippen molar-refractivity contribution < 1.29 is 9.15 Å². The van der Waals surface area contributed by atoms with E-state index in [2.05, 4.69) is 5.32 Å². The SMILES string of the molecule is c1cc(CNCCC2CCCCO2)co1. The predicted molar refractivity (Wildman–Crippen MR) is 58.6 cm³/mol. The summed E-state index contributed by atoms with van der Waals surface area (Å²) in [6.45, 7) is 2.87. The summed E-state index contributed by atoms with van der Waals surface area (Å²) in [6, 6.07) is 1.99. The molecule has 3 heteroatoms. The molecule has 15 heavy (non-hydrogen) atoms. The van der Waals surface area contributed by atoms with E-state index in [0.717, 1.165) is 26.1 Å². The zero-order valence-electron chi connectivity index (χ0n) is 9.08. The summed E-state index contributed by atoms with van der Waals surface area (Å²) in [6.07, 6.45) is 8.89. The smallest absolute Gasteiger partial charge is 0.0947 e. The minimum Gasteiger partial charge on any atom is -0.472 e. The van der Waals surface area contributed by atoms with Gasteiger partial charge in [-0.15, -0.1) is 0 Å². The molecule has 3 nitrogen and oxygen atoms in total. The lowest BCUT2D eigenvalue weighted by Gasteiger charge is -2.22. The Morgan fingerprint density at radius 2 is 2.40 bits per heavy atom. The Morgan fingerprint density at radius 3 is 3.13 bits per heavy atom. The molecule has 1 aromatic heterocycles. The molecule has 84 valence electrons. The van der Waals surface area contributed by atoms with Gasteiger partial charge in [0, 0.05) is 18.7 Å². The third-order valence-electron chi connectivity index (χ3n) is 2.83. The van der Waals surface area contributed by atoms with E-state index in [1.165, 1.54) is 24.8 Å². The fourth-order valence-electron chi connectivity index (χ4n) is 1.92. The third-order valence-corrected chi connectivity index (χ3v) is 2.83. The molecule has 1 aromatic rings. The average molecular weight is 209 g/mol. The molecule has 1 fully saturated rings. The molecular formula is C12H19NO2. The van der Waals surface area contributed by atoms with Crippen LogP contribution >= 0.6 is 0 Å². The lowest BCUT2D eigenvalue weighted by Crippen LogP contribution is -2.25. The zero-order valence-corrected chi connectivity index (χ0v) is 9.08. The normalized spacial score (nSPS) is 21.7. The molecular weight excluding hydrogens is 190 g/mol. The minimum absolute atomic E-state index is 0.482. The van der Waals surface area contributed by atoms with Crippen LogP contribution in [0.15, 0.2) is 23.0 Å². The van der Waals surface area contributed by atoms with Crippen molar-refractivity contribution in [2.45, 2.75) is 38.3 Å². The highest BCUT2D eigenvalue weighted by atomic mass is 16.5. The maximum absolute atomic E-state index is 5.66. The van der Waals surface area contributed by atoms with Gasteiger partial charge in [-0.05, 0) is 38.3 Å². The van der Waals surface area contributed by atoms with Crippen molar-refractivity contribution in [3.8, 4) is 0 Å². The second-order valence-corrected chi connectivity index (χ2v) is 4.09. The molecule has 1 atom stereocenters. The molecule has 1 unspecified atom stereocenters. The van der Waals surface area contributed by atoms with Crippen molar-refractivity contribution in [3.63, 3.8) is 0 Å². The van der Waals surface area contributed by atoms with Crippen molar-refractivity contribution >= 4 is 0 Å². The van der Waals surface area contributed by atoms with Gasteiger partial charge in [0.2, 0.25) is 0 Å². The fourth-order valence-corrected chi connectivity index (χ4v) is 1.92. The van der Waals surface area contributed by atoms with Gasteiger partial charge in [-0.1, -0.05) is 0 Å². The fraction of sp³-hybridized carbons (Fsp3) is 0.667. The largest absolute Gasteiger partial charge is 0.472 e. The van der Waals surface area contributed by atoms with Gasteiger partial charge in [0.25, 0.3) is 0 Å². The van der Waals surface area contributed by atoms with E-state index in [-0.39, 0.29) is 0 Å². The molecule has 1 saturated heterocycles. The Labute approximate surface area is 90.8 Å². The topological polar surface area (TPSA) is 34.4 Å². The van der Waals surface area contributed by atoms with Crippen LogP contribution in [-0.2, 0) is 11.3 Å². The van der Waals surface area contributed by atoms with Crippen molar-refractivity contribution in [3.05, 3.63) is 24.2 Å². The number of hydrogen-bond acceptors (Lipinski definition) is 3. The second kappa shape index (κ2) is 5.93. The van der Waals surface area contributed by atoms with Crippen LogP contribution in [-0.4, -0.2) is 19.3 Å². The van der Waals surface area contributed by atoms with Crippen LogP contribution in [0.3, 0.4) is 0 Å². The van der Waals surface area contributed by atoms with E-state index in [9.17, 15) is 0 Å². The summed E-state index contributed by atoms with van der Waals surface area (Å²) >= 11 is 0. The third kappa shape index (κ3) is 3.68. The zero-order chi connectivity index (χ0) is 10.3. The van der Waals surface area contributed by atoms with E-state index in [4.69, 9.17) is 9.15 Å². The first-order chi connectivity index (χ1) is 7.45. The van der Waals surface area contributed by atoms with Gasteiger partial charge in [0.1, 0.15) is 0 Å². The number of nitrogens with one attached hydrogen (secondary N) is 1. The van der Waals surface area contributed by atoms with Crippen LogP contribution in [0.4, 0.5) is 0 Å². The predicted octanol–water partition coefficient (Wildman–Crippen LogP) is 2.33. The quantitative estimate of drug-likeness (QED) is 0.756. The van der Waals surface area contributed by atoms with Gasteiger partial charge in [0.15, 0.2) is 0 Å². The van der Waals surface area contributed by atoms with Crippen LogP contribution in [0.1, 0.15) is 31.2 Å². The molecule has 0 radical (unpaired) electrons. The van der Waals surface area contributed by atoms with Gasteiger partial charge < -0.3 is 14.5 Å². The van der Waals surface area contributed by atoms with Gasteiger partial charge in [-0.2, -0.15) is 0 Å². The van der Waals surface area contributed by atoms with Crippen molar-refractivity contribution in [2.24, 2.45) is 0 Å². The van der Waals surface area contributed by atoms with Crippen molar-refractivity contribution in [1.29, 1.82) is 0 Å². The summed E-state index contributed by atoms with van der Waals surface area (Å²) < 4.78 is 10.7. The van der Waals surface area contributed by atoms with E-state index < -0.39 is 0 Å². The Morgan fingerprint density at radius 1 is 1.40 bits per heavy atom. The maximum atomic E-state index is 5.66. The molecule has 2 rings (SSSR count). The Hall–Kier alpha value is -0.800. The Bertz CT molecular complexity index is 253. The summed E-state index contributed by atoms with van der Waals surface area (Å²) in [4.78, 5) is 0. The van der Waals surface area contributed by atoms with E-state index in [1.54, 1.807) is 12.5 Å². The maximum Gasteiger partial charge on any atom is 0.0947 e. The standard InChI is InChI=1S/C12H19NO2/c1-2-7-15-12(3-1)4-6-13-9-11-5-8-14-10-11/h5,8,10,12-13H,1-4,6-7,9H2. The lowest BCUT2D eigenvalue weighted by atomic mass is 10.1. The number of furan rings is 1. The summed E-state index contributed by atoms with van der Waals surface area (Å²) in [5, 5.41) is 3.40. The van der Waals surface area contributed by atoms with Gasteiger partial charge in [-0.3, -0.25) is 0 Å². The first-order valence-electron chi connectivity index (χ1n) is 5.78. The molecule has 1 N–H and O–H groups in total. The first kappa shape index (κ1) is 10.7. The molecule has 0 aliphatic carbocycles. The van der Waals surface area contributed by atoms with E-state index in [0.29, 0.717) is 6.10 Å². The van der Waals surface area contributed by atoms with Crippen LogP contribution in [0.25, 0.3) is 0 Å². The monoisotopic (exact) mass is 209 g/mol. The van der Waals surface area contributed by atoms with E-state index in [1.807, 2.05) is 6.07 Å². The molecule has 1 aliphatic heterocycles. The Kier molecular flexibility index (Phi) is 4.23. The molecule has 0 spiro atoms. The van der Waals surface area contributed by atoms with Gasteiger partial charge in [0.05, 0.1) is 18.6 Å². The summed E-state index contributed by atoms with van der Waals surface area (Å²) in [5.41, 5.74) is 1.21. The van der Waals surface area contributed by atoms with Crippen LogP contribution in [0, 0.1) is 0 Å². The lowest BCUT2D eigenvalue weighted by molar-refractivity contribution is 0.0115. The van der Waals surface area contributed by atoms with Crippen molar-refractivity contribution in [2.75, 3.05) is 13.2 Å². The number of ether oxygens (including phenoxy) is 1. The van der Waals surface area contributed by atoms with Crippen LogP contribution < -0.4 is 5.32 Å². The molecule has 0 bridgehead atoms. The molecule has 1 aliphatic rings. The highest BCUT2D eigenvalue weighted by Gasteiger charge is 2.12. The highest BCUT2D eigenvalue weighted by molar-refractivity contribution is 5.04. The average Bonchev–Trinajstić information content (AvgIpc) is 2.79. The minimum atomic E-state index is 0.482. The number of hydrogen-bond donors (Lipinski definition) is 1.